The summed E-state index contributed by atoms with van der Waals surface area (Å²) in [4.78, 5) is 31.3. The summed E-state index contributed by atoms with van der Waals surface area (Å²) in [7, 11) is 0. The lowest BCUT2D eigenvalue weighted by Gasteiger charge is -2.22. The van der Waals surface area contributed by atoms with Crippen molar-refractivity contribution in [2.24, 2.45) is 0 Å². The summed E-state index contributed by atoms with van der Waals surface area (Å²) in [5, 5.41) is 28.6. The highest BCUT2D eigenvalue weighted by atomic mass is 35.5. The predicted molar refractivity (Wildman–Crippen MR) is 149 cm³/mol. The van der Waals surface area contributed by atoms with E-state index in [2.05, 4.69) is 37.1 Å². The van der Waals surface area contributed by atoms with Gasteiger partial charge in [0, 0.05) is 23.9 Å². The van der Waals surface area contributed by atoms with Gasteiger partial charge in [-0.15, -0.1) is 5.10 Å². The van der Waals surface area contributed by atoms with Crippen molar-refractivity contribution in [2.45, 2.75) is 58.5 Å². The van der Waals surface area contributed by atoms with Gasteiger partial charge in [-0.2, -0.15) is 10.4 Å². The molecule has 3 aromatic heterocycles. The first-order chi connectivity index (χ1) is 19.0. The van der Waals surface area contributed by atoms with Crippen LogP contribution in [0.3, 0.4) is 0 Å². The minimum atomic E-state index is -0.532. The molecule has 0 unspecified atom stereocenters. The Morgan fingerprint density at radius 2 is 1.98 bits per heavy atom. The molecule has 5 rings (SSSR count). The second-order valence-electron chi connectivity index (χ2n) is 10.8. The molecule has 2 N–H and O–H groups in total. The second-order valence-corrected chi connectivity index (χ2v) is 11.2. The van der Waals surface area contributed by atoms with Gasteiger partial charge >= 0.3 is 0 Å². The van der Waals surface area contributed by atoms with Gasteiger partial charge in [-0.3, -0.25) is 9.59 Å². The molecule has 2 amide bonds. The highest BCUT2D eigenvalue weighted by Gasteiger charge is 2.27. The van der Waals surface area contributed by atoms with Gasteiger partial charge < -0.3 is 10.6 Å². The molecule has 0 spiro atoms. The third-order valence-electron chi connectivity index (χ3n) is 6.24. The molecule has 1 aliphatic carbocycles. The van der Waals surface area contributed by atoms with Gasteiger partial charge in [-0.05, 0) is 76.4 Å². The van der Waals surface area contributed by atoms with Crippen LogP contribution in [-0.4, -0.2) is 47.1 Å². The van der Waals surface area contributed by atoms with Crippen molar-refractivity contribution in [3.63, 3.8) is 0 Å². The normalized spacial score (nSPS) is 13.1. The third-order valence-corrected chi connectivity index (χ3v) is 6.54. The summed E-state index contributed by atoms with van der Waals surface area (Å²) in [6.45, 7) is 7.56. The van der Waals surface area contributed by atoms with E-state index in [9.17, 15) is 14.9 Å². The number of amides is 2. The van der Waals surface area contributed by atoms with Crippen LogP contribution in [0.4, 0.5) is 5.69 Å². The van der Waals surface area contributed by atoms with E-state index in [0.717, 1.165) is 18.5 Å². The van der Waals surface area contributed by atoms with E-state index in [1.54, 1.807) is 42.1 Å². The van der Waals surface area contributed by atoms with Gasteiger partial charge in [0.25, 0.3) is 11.8 Å². The van der Waals surface area contributed by atoms with Crippen molar-refractivity contribution in [1.29, 1.82) is 5.26 Å². The smallest absolute Gasteiger partial charge is 0.274 e. The number of carbonyl (C=O) groups is 2. The molecule has 3 heterocycles. The third kappa shape index (κ3) is 5.87. The number of aryl methyl sites for hydroxylation is 1. The number of rotatable bonds is 7. The molecule has 1 fully saturated rings. The van der Waals surface area contributed by atoms with Gasteiger partial charge in [0.2, 0.25) is 0 Å². The lowest BCUT2D eigenvalue weighted by molar-refractivity contribution is 0.0920. The van der Waals surface area contributed by atoms with Crippen LogP contribution in [0.15, 0.2) is 42.7 Å². The highest BCUT2D eigenvalue weighted by Crippen LogP contribution is 2.38. The molecule has 204 valence electrons. The van der Waals surface area contributed by atoms with Gasteiger partial charge in [0.1, 0.15) is 5.69 Å². The topological polar surface area (TPSA) is 143 Å². The molecule has 11 nitrogen and oxygen atoms in total. The van der Waals surface area contributed by atoms with Crippen LogP contribution < -0.4 is 10.6 Å². The Bertz CT molecular complexity index is 1650. The SMILES string of the molecule is Cc1cc(C#N)cc(C(=O)NC(C)(C)C)c1NC(=O)c1cc(Cn2cc(C3CC3)nn2)nn1-c1ncccc1Cl. The van der Waals surface area contributed by atoms with Crippen molar-refractivity contribution in [2.75, 3.05) is 5.32 Å². The number of nitrogens with one attached hydrogen (secondary N) is 2. The van der Waals surface area contributed by atoms with Crippen molar-refractivity contribution in [3.05, 3.63) is 81.5 Å². The van der Waals surface area contributed by atoms with E-state index >= 15 is 0 Å². The number of anilines is 1. The number of aromatic nitrogens is 6. The summed E-state index contributed by atoms with van der Waals surface area (Å²) in [6.07, 6.45) is 5.67. The standard InChI is InChI=1S/C28H28ClN9O2/c1-16-10-17(13-30)11-20(26(39)33-28(2,3)4)24(16)32-27(40)23-12-19(14-37-15-22(34-36-37)18-7-8-18)35-38(23)25-21(29)6-5-9-31-25/h5-6,9-12,15,18H,7-8,14H2,1-4H3,(H,32,40)(H,33,39). The number of nitriles is 1. The van der Waals surface area contributed by atoms with E-state index in [0.29, 0.717) is 27.8 Å². The number of nitrogens with zero attached hydrogens (tertiary/aromatic N) is 7. The maximum Gasteiger partial charge on any atom is 0.274 e. The summed E-state index contributed by atoms with van der Waals surface area (Å²) >= 11 is 6.43. The van der Waals surface area contributed by atoms with E-state index in [1.165, 1.54) is 10.7 Å². The Labute approximate surface area is 236 Å². The van der Waals surface area contributed by atoms with Gasteiger partial charge in [-0.1, -0.05) is 16.8 Å². The number of carbonyl (C=O) groups excluding carboxylic acids is 2. The summed E-state index contributed by atoms with van der Waals surface area (Å²) < 4.78 is 3.06. The Morgan fingerprint density at radius 3 is 2.65 bits per heavy atom. The zero-order valence-electron chi connectivity index (χ0n) is 22.6. The van der Waals surface area contributed by atoms with Crippen LogP contribution in [0.2, 0.25) is 5.02 Å². The Balaban J connectivity index is 1.52. The zero-order valence-corrected chi connectivity index (χ0v) is 23.3. The monoisotopic (exact) mass is 557 g/mol. The van der Waals surface area contributed by atoms with Crippen LogP contribution in [0.25, 0.3) is 5.82 Å². The Kier molecular flexibility index (Phi) is 7.12. The maximum atomic E-state index is 13.8. The van der Waals surface area contributed by atoms with Gasteiger partial charge in [0.15, 0.2) is 5.82 Å². The molecule has 1 aromatic carbocycles. The van der Waals surface area contributed by atoms with Crippen molar-refractivity contribution >= 4 is 29.1 Å². The number of hydrogen-bond donors (Lipinski definition) is 2. The van der Waals surface area contributed by atoms with Crippen LogP contribution in [0, 0.1) is 18.3 Å². The Morgan fingerprint density at radius 1 is 1.20 bits per heavy atom. The number of halogens is 1. The average Bonchev–Trinajstić information content (AvgIpc) is 3.50. The quantitative estimate of drug-likeness (QED) is 0.343. The molecule has 0 bridgehead atoms. The summed E-state index contributed by atoms with van der Waals surface area (Å²) in [6, 6.07) is 10.1. The molecule has 0 radical (unpaired) electrons. The number of pyridine rings is 1. The van der Waals surface area contributed by atoms with E-state index in [1.807, 2.05) is 27.0 Å². The fourth-order valence-electron chi connectivity index (χ4n) is 4.27. The average molecular weight is 558 g/mol. The van der Waals surface area contributed by atoms with Crippen molar-refractivity contribution in [1.82, 2.24) is 35.1 Å². The fraction of sp³-hybridized carbons (Fsp3) is 0.321. The van der Waals surface area contributed by atoms with E-state index < -0.39 is 17.4 Å². The number of hydrogen-bond acceptors (Lipinski definition) is 7. The second kappa shape index (κ2) is 10.5. The molecule has 4 aromatic rings. The van der Waals surface area contributed by atoms with Crippen molar-refractivity contribution < 1.29 is 9.59 Å². The van der Waals surface area contributed by atoms with Crippen LogP contribution in [0.1, 0.15) is 82.9 Å². The maximum absolute atomic E-state index is 13.8. The Hall–Kier alpha value is -4.56. The summed E-state index contributed by atoms with van der Waals surface area (Å²) in [5.41, 5.74) is 2.45. The molecule has 12 heteroatoms. The number of benzene rings is 1. The predicted octanol–water partition coefficient (Wildman–Crippen LogP) is 4.40. The molecular formula is C28H28ClN9O2. The molecule has 0 aliphatic heterocycles. The lowest BCUT2D eigenvalue weighted by Crippen LogP contribution is -2.41. The molecule has 40 heavy (non-hydrogen) atoms. The molecule has 1 saturated carbocycles. The zero-order chi connectivity index (χ0) is 28.6. The van der Waals surface area contributed by atoms with Gasteiger partial charge in [0.05, 0.1) is 45.8 Å². The minimum Gasteiger partial charge on any atom is -0.347 e. The first-order valence-corrected chi connectivity index (χ1v) is 13.2. The first kappa shape index (κ1) is 27.0. The van der Waals surface area contributed by atoms with E-state index in [4.69, 9.17) is 11.6 Å². The summed E-state index contributed by atoms with van der Waals surface area (Å²) in [5.74, 6) is -0.210. The van der Waals surface area contributed by atoms with E-state index in [-0.39, 0.29) is 29.3 Å². The van der Waals surface area contributed by atoms with Crippen LogP contribution in [-0.2, 0) is 6.54 Å². The van der Waals surface area contributed by atoms with Crippen LogP contribution in [0.5, 0.6) is 0 Å². The van der Waals surface area contributed by atoms with Gasteiger partial charge in [-0.25, -0.2) is 14.3 Å². The molecule has 1 aliphatic rings. The largest absolute Gasteiger partial charge is 0.347 e. The highest BCUT2D eigenvalue weighted by molar-refractivity contribution is 6.32. The van der Waals surface area contributed by atoms with Crippen molar-refractivity contribution in [3.8, 4) is 11.9 Å². The minimum absolute atomic E-state index is 0.157. The first-order valence-electron chi connectivity index (χ1n) is 12.8. The lowest BCUT2D eigenvalue weighted by atomic mass is 10.0. The van der Waals surface area contributed by atoms with Crippen LogP contribution >= 0.6 is 11.6 Å². The fourth-order valence-corrected chi connectivity index (χ4v) is 4.47. The molecular weight excluding hydrogens is 530 g/mol. The molecule has 0 atom stereocenters. The molecule has 0 saturated heterocycles.